The van der Waals surface area contributed by atoms with Gasteiger partial charge in [-0.3, -0.25) is 29.9 Å². The first-order chi connectivity index (χ1) is 24.3. The van der Waals surface area contributed by atoms with Crippen LogP contribution in [0.1, 0.15) is 40.9 Å². The number of thioether (sulfide) groups is 1. The second-order valence-electron chi connectivity index (χ2n) is 12.2. The van der Waals surface area contributed by atoms with Crippen molar-refractivity contribution in [3.8, 4) is 33.8 Å². The SMILES string of the molecule is c1ccc(C2=C(c3ccccn3)C3Sc4c(cc(-c5ccccn5)c(-c5ccccn5)c4-c4ccccn4)C3CC2c2ccccn2)nc1. The summed E-state index contributed by atoms with van der Waals surface area (Å²) < 4.78 is 0. The third kappa shape index (κ3) is 5.23. The Morgan fingerprint density at radius 2 is 0.959 bits per heavy atom. The van der Waals surface area contributed by atoms with Gasteiger partial charge in [0.2, 0.25) is 0 Å². The lowest BCUT2D eigenvalue weighted by Crippen LogP contribution is -2.25. The summed E-state index contributed by atoms with van der Waals surface area (Å²) in [6, 6.07) is 39.3. The van der Waals surface area contributed by atoms with Gasteiger partial charge < -0.3 is 0 Å². The van der Waals surface area contributed by atoms with Crippen molar-refractivity contribution in [3.63, 3.8) is 0 Å². The molecule has 9 rings (SSSR count). The first-order valence-corrected chi connectivity index (χ1v) is 17.3. The van der Waals surface area contributed by atoms with Crippen LogP contribution in [0.2, 0.25) is 0 Å². The summed E-state index contributed by atoms with van der Waals surface area (Å²) in [6.45, 7) is 0. The van der Waals surface area contributed by atoms with Crippen LogP contribution < -0.4 is 0 Å². The molecule has 1 aromatic carbocycles. The summed E-state index contributed by atoms with van der Waals surface area (Å²) >= 11 is 1.92. The van der Waals surface area contributed by atoms with Crippen molar-refractivity contribution in [1.29, 1.82) is 0 Å². The van der Waals surface area contributed by atoms with E-state index in [9.17, 15) is 0 Å². The Kier molecular flexibility index (Phi) is 7.59. The van der Waals surface area contributed by atoms with Crippen molar-refractivity contribution in [2.45, 2.75) is 28.4 Å². The molecule has 0 bridgehead atoms. The van der Waals surface area contributed by atoms with E-state index in [0.29, 0.717) is 0 Å². The van der Waals surface area contributed by atoms with E-state index in [4.69, 9.17) is 29.9 Å². The molecule has 7 heteroatoms. The molecule has 6 aromatic heterocycles. The number of fused-ring (bicyclic) bond motifs is 3. The summed E-state index contributed by atoms with van der Waals surface area (Å²) in [5.74, 6) is 0.173. The number of hydrogen-bond donors (Lipinski definition) is 0. The highest BCUT2D eigenvalue weighted by atomic mass is 32.2. The monoisotopic (exact) mass is 650 g/mol. The van der Waals surface area contributed by atoms with Crippen molar-refractivity contribution in [3.05, 3.63) is 175 Å². The zero-order chi connectivity index (χ0) is 32.6. The minimum Gasteiger partial charge on any atom is -0.261 e. The standard InChI is InChI=1S/C42H30N6S/c1-7-19-43-31(13-1)29-25-27-28-26-30(32-14-2-8-20-44-32)38(34-16-4-10-22-46-34)40(36-18-6-12-24-48-36)42(28)49-41(27)39(35-17-5-11-23-47-35)37(29)33-15-3-9-21-45-33/h1-25,28,30,42H,26H2. The van der Waals surface area contributed by atoms with Gasteiger partial charge in [0.25, 0.3) is 0 Å². The van der Waals surface area contributed by atoms with Gasteiger partial charge in [-0.25, -0.2) is 0 Å². The van der Waals surface area contributed by atoms with Crippen LogP contribution >= 0.6 is 11.8 Å². The summed E-state index contributed by atoms with van der Waals surface area (Å²) in [6.07, 6.45) is 12.1. The van der Waals surface area contributed by atoms with E-state index in [1.807, 2.05) is 91.4 Å². The molecule has 3 unspecified atom stereocenters. The molecule has 1 aliphatic carbocycles. The van der Waals surface area contributed by atoms with Gasteiger partial charge in [-0.1, -0.05) is 36.4 Å². The van der Waals surface area contributed by atoms with Crippen LogP contribution in [0.5, 0.6) is 0 Å². The van der Waals surface area contributed by atoms with Crippen LogP contribution in [-0.4, -0.2) is 35.2 Å². The fourth-order valence-corrected chi connectivity index (χ4v) is 9.15. The van der Waals surface area contributed by atoms with E-state index < -0.39 is 0 Å². The number of nitrogens with zero attached hydrogens (tertiary/aromatic N) is 6. The average Bonchev–Trinajstić information content (AvgIpc) is 3.56. The molecule has 0 N–H and O–H groups in total. The van der Waals surface area contributed by atoms with Gasteiger partial charge in [-0.2, -0.15) is 0 Å². The predicted octanol–water partition coefficient (Wildman–Crippen LogP) is 9.41. The molecule has 0 spiro atoms. The third-order valence-corrected chi connectivity index (χ3v) is 10.9. The van der Waals surface area contributed by atoms with Crippen molar-refractivity contribution < 1.29 is 0 Å². The zero-order valence-corrected chi connectivity index (χ0v) is 27.3. The van der Waals surface area contributed by atoms with Crippen LogP contribution in [0, 0.1) is 0 Å². The summed E-state index contributed by atoms with van der Waals surface area (Å²) in [5.41, 5.74) is 12.5. The molecule has 0 fully saturated rings. The van der Waals surface area contributed by atoms with Gasteiger partial charge in [0.05, 0.1) is 28.5 Å². The summed E-state index contributed by atoms with van der Waals surface area (Å²) in [7, 11) is 0. The van der Waals surface area contributed by atoms with E-state index in [1.54, 1.807) is 0 Å². The fourth-order valence-electron chi connectivity index (χ4n) is 7.43. The lowest BCUT2D eigenvalue weighted by molar-refractivity contribution is 0.589. The minimum atomic E-state index is 0.00738. The van der Waals surface area contributed by atoms with Crippen molar-refractivity contribution in [2.24, 2.45) is 0 Å². The second-order valence-corrected chi connectivity index (χ2v) is 13.3. The molecule has 234 valence electrons. The average molecular weight is 651 g/mol. The topological polar surface area (TPSA) is 77.3 Å². The maximum absolute atomic E-state index is 4.99. The molecule has 0 radical (unpaired) electrons. The minimum absolute atomic E-state index is 0.00738. The van der Waals surface area contributed by atoms with Crippen molar-refractivity contribution in [2.75, 3.05) is 0 Å². The van der Waals surface area contributed by atoms with E-state index in [-0.39, 0.29) is 17.1 Å². The molecule has 6 nitrogen and oxygen atoms in total. The Bertz CT molecular complexity index is 2270. The molecule has 0 saturated heterocycles. The van der Waals surface area contributed by atoms with Gasteiger partial charge in [-0.05, 0) is 102 Å². The van der Waals surface area contributed by atoms with Crippen LogP contribution in [-0.2, 0) is 0 Å². The van der Waals surface area contributed by atoms with Gasteiger partial charge in [-0.15, -0.1) is 11.8 Å². The Balaban J connectivity index is 1.37. The lowest BCUT2D eigenvalue weighted by atomic mass is 9.70. The smallest absolute Gasteiger partial charge is 0.0720 e. The largest absolute Gasteiger partial charge is 0.261 e. The molecular formula is C42H30N6S. The van der Waals surface area contributed by atoms with Gasteiger partial charge in [0.1, 0.15) is 0 Å². The highest BCUT2D eigenvalue weighted by molar-refractivity contribution is 8.01. The number of aromatic nitrogens is 6. The maximum atomic E-state index is 4.99. The van der Waals surface area contributed by atoms with Crippen molar-refractivity contribution in [1.82, 2.24) is 29.9 Å². The molecule has 2 aliphatic rings. The number of benzene rings is 1. The van der Waals surface area contributed by atoms with Crippen LogP contribution in [0.4, 0.5) is 0 Å². The lowest BCUT2D eigenvalue weighted by Gasteiger charge is -2.36. The normalized spacial score (nSPS) is 18.2. The maximum Gasteiger partial charge on any atom is 0.0720 e. The molecule has 1 aliphatic heterocycles. The molecule has 49 heavy (non-hydrogen) atoms. The Hall–Kier alpha value is -5.79. The number of hydrogen-bond acceptors (Lipinski definition) is 7. The van der Waals surface area contributed by atoms with Gasteiger partial charge >= 0.3 is 0 Å². The Morgan fingerprint density at radius 1 is 0.469 bits per heavy atom. The summed E-state index contributed by atoms with van der Waals surface area (Å²) in [5, 5.41) is 0.0832. The van der Waals surface area contributed by atoms with E-state index in [0.717, 1.165) is 57.3 Å². The fraction of sp³-hybridized carbons (Fsp3) is 0.0952. The number of rotatable bonds is 6. The Morgan fingerprint density at radius 3 is 1.49 bits per heavy atom. The zero-order valence-electron chi connectivity index (χ0n) is 26.5. The van der Waals surface area contributed by atoms with Gasteiger partial charge in [0.15, 0.2) is 0 Å². The second kappa shape index (κ2) is 12.7. The molecule has 3 atom stereocenters. The van der Waals surface area contributed by atoms with Crippen molar-refractivity contribution >= 4 is 22.9 Å². The first-order valence-electron chi connectivity index (χ1n) is 16.4. The molecule has 0 saturated carbocycles. The Labute approximate surface area is 289 Å². The van der Waals surface area contributed by atoms with Crippen LogP contribution in [0.3, 0.4) is 0 Å². The molecule has 7 heterocycles. The van der Waals surface area contributed by atoms with Crippen LogP contribution in [0.15, 0.2) is 157 Å². The quantitative estimate of drug-likeness (QED) is 0.177. The summed E-state index contributed by atoms with van der Waals surface area (Å²) in [4.78, 5) is 30.8. The molecular weight excluding hydrogens is 621 g/mol. The third-order valence-electron chi connectivity index (χ3n) is 9.44. The highest BCUT2D eigenvalue weighted by Gasteiger charge is 2.47. The molecule has 7 aromatic rings. The predicted molar refractivity (Wildman–Crippen MR) is 195 cm³/mol. The molecule has 0 amide bonds. The number of pyridine rings is 6. The van der Waals surface area contributed by atoms with Crippen LogP contribution in [0.25, 0.3) is 44.9 Å². The number of allylic oxidation sites excluding steroid dienone is 1. The van der Waals surface area contributed by atoms with E-state index in [2.05, 4.69) is 72.8 Å². The first kappa shape index (κ1) is 29.4. The van der Waals surface area contributed by atoms with Gasteiger partial charge in [0, 0.05) is 81.5 Å². The highest BCUT2D eigenvalue weighted by Crippen LogP contribution is 2.63. The van der Waals surface area contributed by atoms with E-state index >= 15 is 0 Å². The van der Waals surface area contributed by atoms with E-state index in [1.165, 1.54) is 21.6 Å².